The smallest absolute Gasteiger partial charge is 0.317 e. The molecule has 0 atom stereocenters. The first-order chi connectivity index (χ1) is 13.2. The van der Waals surface area contributed by atoms with Crippen molar-refractivity contribution in [1.82, 2.24) is 15.2 Å². The number of amides is 2. The van der Waals surface area contributed by atoms with Crippen LogP contribution in [0, 0.1) is 0 Å². The zero-order valence-corrected chi connectivity index (χ0v) is 15.6. The van der Waals surface area contributed by atoms with Crippen molar-refractivity contribution in [3.63, 3.8) is 0 Å². The Hall–Kier alpha value is -2.95. The van der Waals surface area contributed by atoms with Crippen molar-refractivity contribution in [2.45, 2.75) is 25.3 Å². The number of para-hydroxylation sites is 1. The highest BCUT2D eigenvalue weighted by atomic mass is 16.5. The summed E-state index contributed by atoms with van der Waals surface area (Å²) in [6.07, 6.45) is 4.12. The van der Waals surface area contributed by atoms with Crippen molar-refractivity contribution in [1.29, 1.82) is 0 Å². The molecular formula is C22H25N3O2. The van der Waals surface area contributed by atoms with Crippen molar-refractivity contribution in [3.8, 4) is 5.75 Å². The summed E-state index contributed by atoms with van der Waals surface area (Å²) in [7, 11) is 1.65. The lowest BCUT2D eigenvalue weighted by Gasteiger charge is -2.32. The van der Waals surface area contributed by atoms with E-state index in [0.29, 0.717) is 12.5 Å². The van der Waals surface area contributed by atoms with Gasteiger partial charge in [-0.1, -0.05) is 30.3 Å². The average Bonchev–Trinajstić information content (AvgIpc) is 3.16. The molecule has 0 aliphatic carbocycles. The lowest BCUT2D eigenvalue weighted by Crippen LogP contribution is -2.43. The second kappa shape index (κ2) is 7.74. The van der Waals surface area contributed by atoms with Crippen LogP contribution in [0.25, 0.3) is 10.9 Å². The first-order valence-corrected chi connectivity index (χ1v) is 9.46. The fourth-order valence-corrected chi connectivity index (χ4v) is 3.90. The Bertz CT molecular complexity index is 926. The van der Waals surface area contributed by atoms with E-state index in [1.807, 2.05) is 29.2 Å². The van der Waals surface area contributed by atoms with Gasteiger partial charge in [0.15, 0.2) is 0 Å². The second-order valence-electron chi connectivity index (χ2n) is 7.06. The van der Waals surface area contributed by atoms with Gasteiger partial charge in [0.2, 0.25) is 0 Å². The number of nitrogens with zero attached hydrogens (tertiary/aromatic N) is 1. The number of likely N-dealkylation sites (tertiary alicyclic amines) is 1. The second-order valence-corrected chi connectivity index (χ2v) is 7.06. The zero-order valence-electron chi connectivity index (χ0n) is 15.6. The van der Waals surface area contributed by atoms with E-state index in [4.69, 9.17) is 4.74 Å². The molecule has 5 heteroatoms. The van der Waals surface area contributed by atoms with Crippen LogP contribution in [0.15, 0.2) is 54.7 Å². The molecule has 4 rings (SSSR count). The van der Waals surface area contributed by atoms with Crippen molar-refractivity contribution < 1.29 is 9.53 Å². The summed E-state index contributed by atoms with van der Waals surface area (Å²) in [5.74, 6) is 1.31. The molecule has 140 valence electrons. The van der Waals surface area contributed by atoms with E-state index in [-0.39, 0.29) is 6.03 Å². The number of rotatable bonds is 4. The predicted molar refractivity (Wildman–Crippen MR) is 107 cm³/mol. The predicted octanol–water partition coefficient (Wildman–Crippen LogP) is 4.27. The van der Waals surface area contributed by atoms with E-state index in [2.05, 4.69) is 40.8 Å². The zero-order chi connectivity index (χ0) is 18.6. The van der Waals surface area contributed by atoms with E-state index < -0.39 is 0 Å². The Balaban J connectivity index is 1.32. The molecule has 1 aliphatic heterocycles. The van der Waals surface area contributed by atoms with Crippen LogP contribution < -0.4 is 10.1 Å². The number of carbonyl (C=O) groups is 1. The van der Waals surface area contributed by atoms with E-state index in [9.17, 15) is 4.79 Å². The number of urea groups is 1. The maximum atomic E-state index is 12.5. The monoisotopic (exact) mass is 363 g/mol. The number of aromatic amines is 1. The molecule has 27 heavy (non-hydrogen) atoms. The third-order valence-corrected chi connectivity index (χ3v) is 5.42. The molecule has 1 fully saturated rings. The quantitative estimate of drug-likeness (QED) is 0.727. The number of benzene rings is 2. The van der Waals surface area contributed by atoms with Gasteiger partial charge in [-0.25, -0.2) is 4.79 Å². The van der Waals surface area contributed by atoms with Gasteiger partial charge in [-0.05, 0) is 48.1 Å². The number of nitrogens with one attached hydrogen (secondary N) is 2. The van der Waals surface area contributed by atoms with E-state index in [0.717, 1.165) is 37.2 Å². The van der Waals surface area contributed by atoms with E-state index in [1.54, 1.807) is 7.11 Å². The van der Waals surface area contributed by atoms with Gasteiger partial charge in [-0.2, -0.15) is 0 Å². The van der Waals surface area contributed by atoms with Crippen LogP contribution in [0.1, 0.15) is 29.9 Å². The van der Waals surface area contributed by atoms with Gasteiger partial charge in [0.1, 0.15) is 5.75 Å². The molecule has 0 radical (unpaired) electrons. The molecule has 2 aromatic carbocycles. The maximum absolute atomic E-state index is 12.5. The number of hydrogen-bond donors (Lipinski definition) is 2. The van der Waals surface area contributed by atoms with Crippen LogP contribution in [-0.2, 0) is 6.54 Å². The third-order valence-electron chi connectivity index (χ3n) is 5.42. The van der Waals surface area contributed by atoms with Crippen LogP contribution in [-0.4, -0.2) is 36.1 Å². The Morgan fingerprint density at radius 2 is 2.00 bits per heavy atom. The van der Waals surface area contributed by atoms with Gasteiger partial charge in [0, 0.05) is 36.7 Å². The molecular weight excluding hydrogens is 338 g/mol. The minimum Gasteiger partial charge on any atom is -0.497 e. The number of fused-ring (bicyclic) bond motifs is 1. The van der Waals surface area contributed by atoms with Crippen LogP contribution in [0.2, 0.25) is 0 Å². The van der Waals surface area contributed by atoms with Gasteiger partial charge in [-0.3, -0.25) is 0 Å². The fourth-order valence-electron chi connectivity index (χ4n) is 3.90. The van der Waals surface area contributed by atoms with Crippen molar-refractivity contribution in [2.24, 2.45) is 0 Å². The van der Waals surface area contributed by atoms with Crippen molar-refractivity contribution >= 4 is 16.9 Å². The number of carbonyl (C=O) groups excluding carboxylic acids is 1. The molecule has 2 amide bonds. The molecule has 0 spiro atoms. The van der Waals surface area contributed by atoms with Gasteiger partial charge in [-0.15, -0.1) is 0 Å². The summed E-state index contributed by atoms with van der Waals surface area (Å²) in [4.78, 5) is 17.8. The number of ether oxygens (including phenoxy) is 1. The lowest BCUT2D eigenvalue weighted by molar-refractivity contribution is 0.181. The highest BCUT2D eigenvalue weighted by Crippen LogP contribution is 2.33. The fraction of sp³-hybridized carbons (Fsp3) is 0.318. The first-order valence-electron chi connectivity index (χ1n) is 9.46. The summed E-state index contributed by atoms with van der Waals surface area (Å²) in [6, 6.07) is 16.2. The van der Waals surface area contributed by atoms with Crippen LogP contribution in [0.3, 0.4) is 0 Å². The summed E-state index contributed by atoms with van der Waals surface area (Å²) in [5.41, 5.74) is 3.60. The topological polar surface area (TPSA) is 57.4 Å². The van der Waals surface area contributed by atoms with E-state index in [1.165, 1.54) is 16.5 Å². The standard InChI is InChI=1S/C22H25N3O2/c1-27-18-6-4-5-16(13-18)14-24-22(26)25-11-9-17(10-12-25)20-15-23-21-8-3-2-7-19(20)21/h2-8,13,15,17,23H,9-12,14H2,1H3,(H,24,26). The number of hydrogen-bond acceptors (Lipinski definition) is 2. The Morgan fingerprint density at radius 1 is 1.19 bits per heavy atom. The Labute approximate surface area is 159 Å². The van der Waals surface area contributed by atoms with Gasteiger partial charge < -0.3 is 19.9 Å². The Morgan fingerprint density at radius 3 is 2.81 bits per heavy atom. The molecule has 2 heterocycles. The van der Waals surface area contributed by atoms with Crippen LogP contribution in [0.4, 0.5) is 4.79 Å². The molecule has 0 saturated carbocycles. The van der Waals surface area contributed by atoms with Crippen LogP contribution >= 0.6 is 0 Å². The molecule has 0 bridgehead atoms. The molecule has 5 nitrogen and oxygen atoms in total. The van der Waals surface area contributed by atoms with E-state index >= 15 is 0 Å². The first kappa shape index (κ1) is 17.5. The number of methoxy groups -OCH3 is 1. The Kier molecular flexibility index (Phi) is 5.01. The summed E-state index contributed by atoms with van der Waals surface area (Å²) in [6.45, 7) is 2.08. The number of H-pyrrole nitrogens is 1. The normalized spacial score (nSPS) is 15.1. The van der Waals surface area contributed by atoms with Gasteiger partial charge in [0.25, 0.3) is 0 Å². The number of aromatic nitrogens is 1. The molecule has 3 aromatic rings. The minimum absolute atomic E-state index is 0.00944. The molecule has 0 unspecified atom stereocenters. The molecule has 1 saturated heterocycles. The molecule has 1 aromatic heterocycles. The summed E-state index contributed by atoms with van der Waals surface area (Å²) >= 11 is 0. The summed E-state index contributed by atoms with van der Waals surface area (Å²) < 4.78 is 5.23. The SMILES string of the molecule is COc1cccc(CNC(=O)N2CCC(c3c[nH]c4ccccc34)CC2)c1. The molecule has 2 N–H and O–H groups in total. The van der Waals surface area contributed by atoms with Crippen molar-refractivity contribution in [3.05, 3.63) is 65.9 Å². The highest BCUT2D eigenvalue weighted by Gasteiger charge is 2.25. The maximum Gasteiger partial charge on any atom is 0.317 e. The average molecular weight is 363 g/mol. The minimum atomic E-state index is 0.00944. The van der Waals surface area contributed by atoms with Crippen LogP contribution in [0.5, 0.6) is 5.75 Å². The third kappa shape index (κ3) is 3.77. The van der Waals surface area contributed by atoms with Gasteiger partial charge >= 0.3 is 6.03 Å². The lowest BCUT2D eigenvalue weighted by atomic mass is 9.89. The number of piperidine rings is 1. The van der Waals surface area contributed by atoms with Gasteiger partial charge in [0.05, 0.1) is 7.11 Å². The largest absolute Gasteiger partial charge is 0.497 e. The summed E-state index contributed by atoms with van der Waals surface area (Å²) in [5, 5.41) is 4.33. The molecule has 1 aliphatic rings. The highest BCUT2D eigenvalue weighted by molar-refractivity contribution is 5.83. The van der Waals surface area contributed by atoms with Crippen molar-refractivity contribution in [2.75, 3.05) is 20.2 Å².